The first-order valence-corrected chi connectivity index (χ1v) is 11.6. The number of hydrogen-bond donors (Lipinski definition) is 2. The van der Waals surface area contributed by atoms with Crippen molar-refractivity contribution in [1.29, 1.82) is 0 Å². The van der Waals surface area contributed by atoms with Crippen LogP contribution in [0.2, 0.25) is 0 Å². The molecule has 0 radical (unpaired) electrons. The van der Waals surface area contributed by atoms with Gasteiger partial charge in [-0.25, -0.2) is 0 Å². The van der Waals surface area contributed by atoms with Crippen LogP contribution in [-0.4, -0.2) is 28.9 Å². The molecule has 0 bridgehead atoms. The number of anilines is 1. The number of hydrogen-bond acceptors (Lipinski definition) is 6. The molecule has 2 N–H and O–H groups in total. The van der Waals surface area contributed by atoms with Gasteiger partial charge in [0.2, 0.25) is 0 Å². The zero-order valence-electron chi connectivity index (χ0n) is 18.5. The van der Waals surface area contributed by atoms with E-state index >= 15 is 0 Å². The molecule has 0 saturated carbocycles. The van der Waals surface area contributed by atoms with Crippen molar-refractivity contribution in [3.8, 4) is 17.0 Å². The first-order chi connectivity index (χ1) is 16.1. The highest BCUT2D eigenvalue weighted by Gasteiger charge is 2.27. The van der Waals surface area contributed by atoms with Crippen LogP contribution in [0.1, 0.15) is 51.4 Å². The third-order valence-electron chi connectivity index (χ3n) is 5.38. The largest absolute Gasteiger partial charge is 0.497 e. The molecule has 0 aliphatic heterocycles. The van der Waals surface area contributed by atoms with Gasteiger partial charge in [-0.2, -0.15) is 5.10 Å². The molecule has 4 rings (SSSR count). The van der Waals surface area contributed by atoms with Crippen LogP contribution in [0.25, 0.3) is 11.3 Å². The summed E-state index contributed by atoms with van der Waals surface area (Å²) in [5.74, 6) is 0.820. The summed E-state index contributed by atoms with van der Waals surface area (Å²) in [6.07, 6.45) is 3.01. The molecule has 1 unspecified atom stereocenters. The SMILES string of the molecule is CCCC(=O)c1ccc(NC(C(=O)c2cccs2)c2cn[nH]c2-c2ccc(OC)cc2)cc1. The lowest BCUT2D eigenvalue weighted by atomic mass is 9.98. The van der Waals surface area contributed by atoms with Gasteiger partial charge in [0, 0.05) is 28.8 Å². The number of ketones is 2. The normalized spacial score (nSPS) is 11.7. The van der Waals surface area contributed by atoms with Gasteiger partial charge in [-0.3, -0.25) is 14.7 Å². The fraction of sp³-hybridized carbons (Fsp3) is 0.192. The summed E-state index contributed by atoms with van der Waals surface area (Å²) in [4.78, 5) is 26.3. The summed E-state index contributed by atoms with van der Waals surface area (Å²) in [5, 5.41) is 12.5. The Morgan fingerprint density at radius 3 is 2.48 bits per heavy atom. The highest BCUT2D eigenvalue weighted by atomic mass is 32.1. The maximum atomic E-state index is 13.5. The summed E-state index contributed by atoms with van der Waals surface area (Å²) >= 11 is 1.40. The van der Waals surface area contributed by atoms with Crippen LogP contribution in [0.3, 0.4) is 0 Å². The van der Waals surface area contributed by atoms with Gasteiger partial charge >= 0.3 is 0 Å². The van der Waals surface area contributed by atoms with Crippen molar-refractivity contribution < 1.29 is 14.3 Å². The Hall–Kier alpha value is -3.71. The van der Waals surface area contributed by atoms with Gasteiger partial charge in [-0.15, -0.1) is 11.3 Å². The van der Waals surface area contributed by atoms with E-state index in [-0.39, 0.29) is 11.6 Å². The van der Waals surface area contributed by atoms with Gasteiger partial charge in [0.15, 0.2) is 11.6 Å². The Balaban J connectivity index is 1.68. The molecule has 1 atom stereocenters. The third kappa shape index (κ3) is 5.04. The van der Waals surface area contributed by atoms with Crippen LogP contribution in [0.5, 0.6) is 5.75 Å². The fourth-order valence-electron chi connectivity index (χ4n) is 3.64. The Bertz CT molecular complexity index is 1210. The van der Waals surface area contributed by atoms with Crippen LogP contribution >= 0.6 is 11.3 Å². The van der Waals surface area contributed by atoms with E-state index in [0.717, 1.165) is 34.7 Å². The second-order valence-electron chi connectivity index (χ2n) is 7.60. The second kappa shape index (κ2) is 10.3. The van der Waals surface area contributed by atoms with Gasteiger partial charge < -0.3 is 10.1 Å². The smallest absolute Gasteiger partial charge is 0.199 e. The monoisotopic (exact) mass is 459 g/mol. The molecule has 2 aromatic heterocycles. The summed E-state index contributed by atoms with van der Waals surface area (Å²) in [5.41, 5.74) is 3.82. The molecule has 168 valence electrons. The lowest BCUT2D eigenvalue weighted by Gasteiger charge is -2.19. The quantitative estimate of drug-likeness (QED) is 0.277. The van der Waals surface area contributed by atoms with E-state index < -0.39 is 6.04 Å². The van der Waals surface area contributed by atoms with Gasteiger partial charge in [0.1, 0.15) is 11.8 Å². The zero-order chi connectivity index (χ0) is 23.2. The van der Waals surface area contributed by atoms with E-state index in [1.807, 2.05) is 60.8 Å². The van der Waals surface area contributed by atoms with Crippen molar-refractivity contribution in [2.45, 2.75) is 25.8 Å². The highest BCUT2D eigenvalue weighted by molar-refractivity contribution is 7.12. The van der Waals surface area contributed by atoms with Gasteiger partial charge in [0.05, 0.1) is 23.9 Å². The lowest BCUT2D eigenvalue weighted by molar-refractivity contribution is 0.0968. The van der Waals surface area contributed by atoms with Gasteiger partial charge in [-0.1, -0.05) is 13.0 Å². The van der Waals surface area contributed by atoms with Crippen molar-refractivity contribution in [2.75, 3.05) is 12.4 Å². The number of thiophene rings is 1. The Morgan fingerprint density at radius 2 is 1.85 bits per heavy atom. The summed E-state index contributed by atoms with van der Waals surface area (Å²) in [6.45, 7) is 1.99. The van der Waals surface area contributed by atoms with E-state index in [0.29, 0.717) is 16.9 Å². The van der Waals surface area contributed by atoms with Crippen LogP contribution in [-0.2, 0) is 0 Å². The Labute approximate surface area is 196 Å². The maximum absolute atomic E-state index is 13.5. The van der Waals surface area contributed by atoms with E-state index in [9.17, 15) is 9.59 Å². The minimum Gasteiger partial charge on any atom is -0.497 e. The molecule has 0 fully saturated rings. The first-order valence-electron chi connectivity index (χ1n) is 10.8. The first kappa shape index (κ1) is 22.5. The highest BCUT2D eigenvalue weighted by Crippen LogP contribution is 2.32. The average molecular weight is 460 g/mol. The number of H-pyrrole nitrogens is 1. The van der Waals surface area contributed by atoms with Crippen molar-refractivity contribution in [3.63, 3.8) is 0 Å². The molecule has 0 saturated heterocycles. The average Bonchev–Trinajstić information content (AvgIpc) is 3.55. The molecule has 0 aliphatic carbocycles. The molecular weight excluding hydrogens is 434 g/mol. The minimum absolute atomic E-state index is 0.0488. The predicted molar refractivity (Wildman–Crippen MR) is 131 cm³/mol. The molecule has 7 heteroatoms. The molecular formula is C26H25N3O3S. The molecule has 4 aromatic rings. The molecule has 6 nitrogen and oxygen atoms in total. The molecule has 0 amide bonds. The number of nitrogens with zero attached hydrogens (tertiary/aromatic N) is 1. The van der Waals surface area contributed by atoms with Crippen molar-refractivity contribution in [1.82, 2.24) is 10.2 Å². The lowest BCUT2D eigenvalue weighted by Crippen LogP contribution is -2.21. The summed E-state index contributed by atoms with van der Waals surface area (Å²) < 4.78 is 5.26. The number of ether oxygens (including phenoxy) is 1. The Morgan fingerprint density at radius 1 is 1.09 bits per heavy atom. The van der Waals surface area contributed by atoms with Crippen LogP contribution in [0, 0.1) is 0 Å². The number of carbonyl (C=O) groups is 2. The van der Waals surface area contributed by atoms with E-state index in [2.05, 4.69) is 15.5 Å². The molecule has 0 aliphatic rings. The maximum Gasteiger partial charge on any atom is 0.199 e. The number of methoxy groups -OCH3 is 1. The molecule has 2 heterocycles. The number of aromatic amines is 1. The van der Waals surface area contributed by atoms with Gasteiger partial charge in [0.25, 0.3) is 0 Å². The number of benzene rings is 2. The van der Waals surface area contributed by atoms with E-state index in [1.54, 1.807) is 25.4 Å². The molecule has 2 aromatic carbocycles. The standard InChI is InChI=1S/C26H25N3O3S/c1-3-5-22(30)17-7-11-19(12-8-17)28-25(26(31)23-6-4-15-33-23)21-16-27-29-24(21)18-9-13-20(32-2)14-10-18/h4,6-16,25,28H,3,5H2,1-2H3,(H,27,29). The minimum atomic E-state index is -0.656. The number of nitrogens with one attached hydrogen (secondary N) is 2. The zero-order valence-corrected chi connectivity index (χ0v) is 19.3. The Kier molecular flexibility index (Phi) is 7.00. The van der Waals surface area contributed by atoms with E-state index in [4.69, 9.17) is 4.74 Å². The topological polar surface area (TPSA) is 84.1 Å². The van der Waals surface area contributed by atoms with Crippen LogP contribution in [0.4, 0.5) is 5.69 Å². The number of carbonyl (C=O) groups excluding carboxylic acids is 2. The number of rotatable bonds is 10. The fourth-order valence-corrected chi connectivity index (χ4v) is 4.33. The van der Waals surface area contributed by atoms with Gasteiger partial charge in [-0.05, 0) is 66.4 Å². The van der Waals surface area contributed by atoms with Crippen molar-refractivity contribution >= 4 is 28.6 Å². The van der Waals surface area contributed by atoms with E-state index in [1.165, 1.54) is 11.3 Å². The predicted octanol–water partition coefficient (Wildman–Crippen LogP) is 6.17. The van der Waals surface area contributed by atoms with Crippen molar-refractivity contribution in [3.05, 3.63) is 88.2 Å². The van der Waals surface area contributed by atoms with Crippen molar-refractivity contribution in [2.24, 2.45) is 0 Å². The molecule has 0 spiro atoms. The number of Topliss-reactive ketones (excluding diaryl/α,β-unsaturated/α-hetero) is 2. The second-order valence-corrected chi connectivity index (χ2v) is 8.55. The molecule has 33 heavy (non-hydrogen) atoms. The van der Waals surface area contributed by atoms with Crippen LogP contribution in [0.15, 0.2) is 72.2 Å². The summed E-state index contributed by atoms with van der Waals surface area (Å²) in [6, 6.07) is 17.9. The number of aromatic nitrogens is 2. The van der Waals surface area contributed by atoms with Crippen LogP contribution < -0.4 is 10.1 Å². The third-order valence-corrected chi connectivity index (χ3v) is 6.26. The summed E-state index contributed by atoms with van der Waals surface area (Å²) in [7, 11) is 1.62.